The predicted octanol–water partition coefficient (Wildman–Crippen LogP) is 2.93. The lowest BCUT2D eigenvalue weighted by atomic mass is 10.2. The molecule has 0 spiro atoms. The Bertz CT molecular complexity index is 897. The third-order valence-corrected chi connectivity index (χ3v) is 4.16. The maximum absolute atomic E-state index is 5.82. The minimum Gasteiger partial charge on any atom is -0.491 e. The van der Waals surface area contributed by atoms with E-state index in [1.54, 1.807) is 7.11 Å². The second-order valence-corrected chi connectivity index (χ2v) is 6.31. The number of aromatic nitrogens is 5. The number of imidazole rings is 1. The standard InChI is InChI=1S/C18H21N5O2/c1-12(2)23-18(20-16(21-23)11-24-3)14-10-22-8-9-25-15-7-5-4-6-13(15)17(22)19-14/h4-7,10,12H,8-9,11H2,1-3H3. The van der Waals surface area contributed by atoms with E-state index in [1.165, 1.54) is 0 Å². The highest BCUT2D eigenvalue weighted by Crippen LogP contribution is 2.33. The van der Waals surface area contributed by atoms with Gasteiger partial charge >= 0.3 is 0 Å². The van der Waals surface area contributed by atoms with Gasteiger partial charge in [-0.1, -0.05) is 12.1 Å². The van der Waals surface area contributed by atoms with Crippen LogP contribution in [0.3, 0.4) is 0 Å². The quantitative estimate of drug-likeness (QED) is 0.731. The van der Waals surface area contributed by atoms with Gasteiger partial charge in [0, 0.05) is 19.3 Å². The van der Waals surface area contributed by atoms with Gasteiger partial charge in [-0.15, -0.1) is 0 Å². The van der Waals surface area contributed by atoms with E-state index in [4.69, 9.17) is 14.5 Å². The van der Waals surface area contributed by atoms with E-state index in [1.807, 2.05) is 35.1 Å². The van der Waals surface area contributed by atoms with Crippen LogP contribution in [0.1, 0.15) is 25.7 Å². The number of nitrogens with zero attached hydrogens (tertiary/aromatic N) is 5. The lowest BCUT2D eigenvalue weighted by molar-refractivity contribution is 0.177. The Morgan fingerprint density at radius 2 is 2.04 bits per heavy atom. The summed E-state index contributed by atoms with van der Waals surface area (Å²) in [6.45, 7) is 5.91. The number of para-hydroxylation sites is 1. The molecule has 25 heavy (non-hydrogen) atoms. The topological polar surface area (TPSA) is 67.0 Å². The summed E-state index contributed by atoms with van der Waals surface area (Å²) < 4.78 is 15.0. The van der Waals surface area contributed by atoms with Crippen molar-refractivity contribution in [3.05, 3.63) is 36.3 Å². The minimum absolute atomic E-state index is 0.185. The van der Waals surface area contributed by atoms with Crippen LogP contribution < -0.4 is 4.74 Å². The molecule has 1 aliphatic rings. The molecular weight excluding hydrogens is 318 g/mol. The lowest BCUT2D eigenvalue weighted by Crippen LogP contribution is -2.06. The van der Waals surface area contributed by atoms with Crippen molar-refractivity contribution in [2.24, 2.45) is 0 Å². The molecule has 0 radical (unpaired) electrons. The minimum atomic E-state index is 0.185. The average molecular weight is 339 g/mol. The van der Waals surface area contributed by atoms with Crippen molar-refractivity contribution < 1.29 is 9.47 Å². The van der Waals surface area contributed by atoms with Gasteiger partial charge in [-0.2, -0.15) is 5.10 Å². The Morgan fingerprint density at radius 1 is 1.20 bits per heavy atom. The van der Waals surface area contributed by atoms with Gasteiger partial charge in [-0.05, 0) is 26.0 Å². The number of fused-ring (bicyclic) bond motifs is 3. The number of ether oxygens (including phenoxy) is 2. The van der Waals surface area contributed by atoms with Gasteiger partial charge in [0.25, 0.3) is 0 Å². The summed E-state index contributed by atoms with van der Waals surface area (Å²) in [5.74, 6) is 3.19. The largest absolute Gasteiger partial charge is 0.491 e. The Hall–Kier alpha value is -2.67. The van der Waals surface area contributed by atoms with Crippen molar-refractivity contribution in [3.63, 3.8) is 0 Å². The van der Waals surface area contributed by atoms with Crippen molar-refractivity contribution in [2.75, 3.05) is 13.7 Å². The maximum Gasteiger partial charge on any atom is 0.179 e. The molecule has 1 aliphatic heterocycles. The first-order chi connectivity index (χ1) is 12.2. The van der Waals surface area contributed by atoms with Crippen molar-refractivity contribution in [2.45, 2.75) is 33.0 Å². The molecule has 2 aromatic heterocycles. The van der Waals surface area contributed by atoms with Crippen molar-refractivity contribution in [1.29, 1.82) is 0 Å². The Morgan fingerprint density at radius 3 is 2.84 bits per heavy atom. The molecule has 0 saturated heterocycles. The van der Waals surface area contributed by atoms with E-state index >= 15 is 0 Å². The number of methoxy groups -OCH3 is 1. The predicted molar refractivity (Wildman–Crippen MR) is 93.3 cm³/mol. The molecule has 0 aliphatic carbocycles. The Balaban J connectivity index is 1.83. The van der Waals surface area contributed by atoms with Crippen molar-refractivity contribution >= 4 is 0 Å². The molecule has 3 heterocycles. The third-order valence-electron chi connectivity index (χ3n) is 4.16. The van der Waals surface area contributed by atoms with Gasteiger partial charge in [-0.25, -0.2) is 14.6 Å². The van der Waals surface area contributed by atoms with Crippen molar-refractivity contribution in [3.8, 4) is 28.7 Å². The van der Waals surface area contributed by atoms with Gasteiger partial charge in [0.2, 0.25) is 0 Å². The molecule has 0 amide bonds. The van der Waals surface area contributed by atoms with E-state index in [-0.39, 0.29) is 6.04 Å². The molecule has 0 unspecified atom stereocenters. The molecule has 0 N–H and O–H groups in total. The summed E-state index contributed by atoms with van der Waals surface area (Å²) >= 11 is 0. The van der Waals surface area contributed by atoms with Gasteiger partial charge in [-0.3, -0.25) is 0 Å². The van der Waals surface area contributed by atoms with Gasteiger partial charge in [0.1, 0.15) is 30.5 Å². The number of rotatable bonds is 4. The molecule has 7 heteroatoms. The molecule has 0 atom stereocenters. The maximum atomic E-state index is 5.82. The van der Waals surface area contributed by atoms with Crippen LogP contribution in [0.4, 0.5) is 0 Å². The smallest absolute Gasteiger partial charge is 0.179 e. The van der Waals surface area contributed by atoms with Gasteiger partial charge < -0.3 is 14.0 Å². The Labute approximate surface area is 146 Å². The molecule has 1 aromatic carbocycles. The molecule has 130 valence electrons. The number of hydrogen-bond donors (Lipinski definition) is 0. The lowest BCUT2D eigenvalue weighted by Gasteiger charge is -2.07. The second kappa shape index (κ2) is 6.33. The van der Waals surface area contributed by atoms with Crippen LogP contribution in [-0.4, -0.2) is 38.0 Å². The van der Waals surface area contributed by atoms with E-state index in [0.717, 1.165) is 35.2 Å². The second-order valence-electron chi connectivity index (χ2n) is 6.31. The van der Waals surface area contributed by atoms with E-state index in [0.29, 0.717) is 19.0 Å². The fourth-order valence-corrected chi connectivity index (χ4v) is 3.03. The molecule has 0 saturated carbocycles. The van der Waals surface area contributed by atoms with Gasteiger partial charge in [0.15, 0.2) is 11.6 Å². The molecule has 4 rings (SSSR count). The zero-order valence-corrected chi connectivity index (χ0v) is 14.6. The monoisotopic (exact) mass is 339 g/mol. The summed E-state index contributed by atoms with van der Waals surface area (Å²) in [4.78, 5) is 9.49. The van der Waals surface area contributed by atoms with Crippen LogP contribution >= 0.6 is 0 Å². The van der Waals surface area contributed by atoms with Crippen LogP contribution in [0.25, 0.3) is 22.9 Å². The van der Waals surface area contributed by atoms with E-state index in [2.05, 4.69) is 28.5 Å². The van der Waals surface area contributed by atoms with Crippen LogP contribution in [0, 0.1) is 0 Å². The van der Waals surface area contributed by atoms with Crippen LogP contribution in [0.15, 0.2) is 30.5 Å². The highest BCUT2D eigenvalue weighted by molar-refractivity contribution is 5.68. The zero-order chi connectivity index (χ0) is 17.4. The van der Waals surface area contributed by atoms with E-state index in [9.17, 15) is 0 Å². The number of hydrogen-bond acceptors (Lipinski definition) is 5. The van der Waals surface area contributed by atoms with Crippen LogP contribution in [-0.2, 0) is 17.9 Å². The SMILES string of the molecule is COCc1nc(-c2cn3c(n2)-c2ccccc2OCC3)n(C(C)C)n1. The molecular formula is C18H21N5O2. The van der Waals surface area contributed by atoms with Crippen molar-refractivity contribution in [1.82, 2.24) is 24.3 Å². The summed E-state index contributed by atoms with van der Waals surface area (Å²) in [5, 5.41) is 4.55. The fourth-order valence-electron chi connectivity index (χ4n) is 3.03. The van der Waals surface area contributed by atoms with E-state index < -0.39 is 0 Å². The molecule has 0 fully saturated rings. The molecule has 3 aromatic rings. The summed E-state index contributed by atoms with van der Waals surface area (Å²) in [6, 6.07) is 8.18. The summed E-state index contributed by atoms with van der Waals surface area (Å²) in [6.07, 6.45) is 2.03. The zero-order valence-electron chi connectivity index (χ0n) is 14.6. The van der Waals surface area contributed by atoms with Gasteiger partial charge in [0.05, 0.1) is 12.1 Å². The normalized spacial score (nSPS) is 13.3. The third kappa shape index (κ3) is 2.80. The number of benzene rings is 1. The highest BCUT2D eigenvalue weighted by Gasteiger charge is 2.22. The Kier molecular flexibility index (Phi) is 4.01. The van der Waals surface area contributed by atoms with Crippen LogP contribution in [0.5, 0.6) is 5.75 Å². The first-order valence-electron chi connectivity index (χ1n) is 8.41. The van der Waals surface area contributed by atoms with Crippen LogP contribution in [0.2, 0.25) is 0 Å². The average Bonchev–Trinajstić information content (AvgIpc) is 3.16. The fraction of sp³-hybridized carbons (Fsp3) is 0.389. The summed E-state index contributed by atoms with van der Waals surface area (Å²) in [7, 11) is 1.64. The summed E-state index contributed by atoms with van der Waals surface area (Å²) in [5.41, 5.74) is 1.81. The molecule has 7 nitrogen and oxygen atoms in total. The first kappa shape index (κ1) is 15.8. The first-order valence-corrected chi connectivity index (χ1v) is 8.41. The molecule has 0 bridgehead atoms. The highest BCUT2D eigenvalue weighted by atomic mass is 16.5.